The maximum Gasteiger partial charge on any atom is 0.232 e. The number of hydrogen-bond donors (Lipinski definition) is 1. The van der Waals surface area contributed by atoms with E-state index in [4.69, 9.17) is 0 Å². The highest BCUT2D eigenvalue weighted by Crippen LogP contribution is 2.25. The molecule has 0 aliphatic rings. The first-order chi connectivity index (χ1) is 11.8. The van der Waals surface area contributed by atoms with Crippen LogP contribution in [0.3, 0.4) is 0 Å². The number of carbonyl (C=O) groups excluding carboxylic acids is 1. The van der Waals surface area contributed by atoms with Crippen LogP contribution in [0.4, 0.5) is 0 Å². The fourth-order valence-corrected chi connectivity index (χ4v) is 3.08. The summed E-state index contributed by atoms with van der Waals surface area (Å²) in [6, 6.07) is 20.1. The van der Waals surface area contributed by atoms with Gasteiger partial charge in [0, 0.05) is 6.54 Å². The van der Waals surface area contributed by atoms with Crippen LogP contribution in [-0.2, 0) is 4.79 Å². The smallest absolute Gasteiger partial charge is 0.232 e. The predicted octanol–water partition coefficient (Wildman–Crippen LogP) is 5.15. The average Bonchev–Trinajstić information content (AvgIpc) is 2.64. The van der Waals surface area contributed by atoms with E-state index in [0.29, 0.717) is 5.92 Å². The molecule has 1 N–H and O–H groups in total. The van der Waals surface area contributed by atoms with E-state index in [1.165, 1.54) is 19.3 Å². The lowest BCUT2D eigenvalue weighted by Crippen LogP contribution is -2.33. The molecule has 0 unspecified atom stereocenters. The van der Waals surface area contributed by atoms with Crippen molar-refractivity contribution in [1.29, 1.82) is 0 Å². The third kappa shape index (κ3) is 5.23. The monoisotopic (exact) mass is 323 g/mol. The Balaban J connectivity index is 2.11. The third-order valence-corrected chi connectivity index (χ3v) is 4.64. The second-order valence-electron chi connectivity index (χ2n) is 6.42. The highest BCUT2D eigenvalue weighted by atomic mass is 16.1. The summed E-state index contributed by atoms with van der Waals surface area (Å²) in [4.78, 5) is 12.9. The second kappa shape index (κ2) is 9.92. The number of nitrogens with one attached hydrogen (secondary N) is 1. The summed E-state index contributed by atoms with van der Waals surface area (Å²) in [6.45, 7) is 5.19. The molecule has 2 heteroatoms. The fourth-order valence-electron chi connectivity index (χ4n) is 3.08. The minimum absolute atomic E-state index is 0.0994. The summed E-state index contributed by atoms with van der Waals surface area (Å²) < 4.78 is 0. The zero-order chi connectivity index (χ0) is 17.2. The Hall–Kier alpha value is -2.09. The summed E-state index contributed by atoms with van der Waals surface area (Å²) in [5.41, 5.74) is 2.09. The van der Waals surface area contributed by atoms with E-state index >= 15 is 0 Å². The number of carbonyl (C=O) groups is 1. The topological polar surface area (TPSA) is 29.1 Å². The van der Waals surface area contributed by atoms with Crippen molar-refractivity contribution in [2.75, 3.05) is 6.54 Å². The summed E-state index contributed by atoms with van der Waals surface area (Å²) >= 11 is 0. The quantitative estimate of drug-likeness (QED) is 0.679. The van der Waals surface area contributed by atoms with E-state index in [9.17, 15) is 4.79 Å². The zero-order valence-corrected chi connectivity index (χ0v) is 14.9. The third-order valence-electron chi connectivity index (χ3n) is 4.64. The molecule has 1 atom stereocenters. The first-order valence-corrected chi connectivity index (χ1v) is 9.13. The number of benzene rings is 2. The normalized spacial score (nSPS) is 12.1. The van der Waals surface area contributed by atoms with Gasteiger partial charge in [0.25, 0.3) is 0 Å². The van der Waals surface area contributed by atoms with Crippen LogP contribution in [0.5, 0.6) is 0 Å². The van der Waals surface area contributed by atoms with Crippen LogP contribution in [-0.4, -0.2) is 12.5 Å². The molecule has 2 aromatic carbocycles. The predicted molar refractivity (Wildman–Crippen MR) is 101 cm³/mol. The van der Waals surface area contributed by atoms with Crippen molar-refractivity contribution < 1.29 is 4.79 Å². The molecule has 0 bridgehead atoms. The van der Waals surface area contributed by atoms with Crippen molar-refractivity contribution in [3.05, 3.63) is 71.8 Å². The lowest BCUT2D eigenvalue weighted by molar-refractivity contribution is -0.121. The van der Waals surface area contributed by atoms with Gasteiger partial charge in [0.1, 0.15) is 0 Å². The second-order valence-corrected chi connectivity index (χ2v) is 6.42. The summed E-state index contributed by atoms with van der Waals surface area (Å²) in [5, 5.41) is 3.20. The van der Waals surface area contributed by atoms with Gasteiger partial charge in [0.15, 0.2) is 0 Å². The van der Waals surface area contributed by atoms with Crippen LogP contribution in [0, 0.1) is 5.92 Å². The zero-order valence-electron chi connectivity index (χ0n) is 14.9. The molecule has 0 aliphatic carbocycles. The van der Waals surface area contributed by atoms with Crippen molar-refractivity contribution in [3.63, 3.8) is 0 Å². The molecule has 24 heavy (non-hydrogen) atoms. The van der Waals surface area contributed by atoms with E-state index in [2.05, 4.69) is 19.2 Å². The SMILES string of the molecule is CCCC[C@@H](CC)CNC(=O)C(c1ccccc1)c1ccccc1. The van der Waals surface area contributed by atoms with Gasteiger partial charge in [0.05, 0.1) is 5.92 Å². The van der Waals surface area contributed by atoms with E-state index < -0.39 is 0 Å². The van der Waals surface area contributed by atoms with E-state index in [0.717, 1.165) is 24.1 Å². The highest BCUT2D eigenvalue weighted by molar-refractivity contribution is 5.87. The number of hydrogen-bond acceptors (Lipinski definition) is 1. The molecule has 0 radical (unpaired) electrons. The molecule has 128 valence electrons. The number of unbranched alkanes of at least 4 members (excludes halogenated alkanes) is 1. The first kappa shape index (κ1) is 18.3. The van der Waals surface area contributed by atoms with Crippen molar-refractivity contribution in [1.82, 2.24) is 5.32 Å². The van der Waals surface area contributed by atoms with Crippen LogP contribution in [0.1, 0.15) is 56.6 Å². The highest BCUT2D eigenvalue weighted by Gasteiger charge is 2.22. The number of rotatable bonds is 9. The van der Waals surface area contributed by atoms with Crippen molar-refractivity contribution >= 4 is 5.91 Å². The molecule has 0 saturated heterocycles. The molecule has 0 saturated carbocycles. The fraction of sp³-hybridized carbons (Fsp3) is 0.409. The van der Waals surface area contributed by atoms with E-state index in [-0.39, 0.29) is 11.8 Å². The van der Waals surface area contributed by atoms with Crippen LogP contribution < -0.4 is 5.32 Å². The molecule has 0 spiro atoms. The van der Waals surface area contributed by atoms with E-state index in [1.807, 2.05) is 60.7 Å². The van der Waals surface area contributed by atoms with Crippen molar-refractivity contribution in [3.8, 4) is 0 Å². The van der Waals surface area contributed by atoms with Crippen LogP contribution in [0.15, 0.2) is 60.7 Å². The van der Waals surface area contributed by atoms with Gasteiger partial charge in [-0.3, -0.25) is 4.79 Å². The Morgan fingerprint density at radius 1 is 0.917 bits per heavy atom. The van der Waals surface area contributed by atoms with Crippen molar-refractivity contribution in [2.45, 2.75) is 45.4 Å². The lowest BCUT2D eigenvalue weighted by atomic mass is 9.90. The maximum atomic E-state index is 12.9. The molecule has 0 heterocycles. The van der Waals surface area contributed by atoms with Gasteiger partial charge in [-0.15, -0.1) is 0 Å². The molecule has 2 nitrogen and oxygen atoms in total. The molecule has 0 fully saturated rings. The molecule has 2 aromatic rings. The Morgan fingerprint density at radius 2 is 1.46 bits per heavy atom. The molecular formula is C22H29NO. The van der Waals surface area contributed by atoms with Crippen LogP contribution in [0.25, 0.3) is 0 Å². The van der Waals surface area contributed by atoms with Gasteiger partial charge in [-0.1, -0.05) is 93.8 Å². The van der Waals surface area contributed by atoms with E-state index in [1.54, 1.807) is 0 Å². The number of amides is 1. The van der Waals surface area contributed by atoms with Gasteiger partial charge in [-0.2, -0.15) is 0 Å². The summed E-state index contributed by atoms with van der Waals surface area (Å²) in [7, 11) is 0. The van der Waals surface area contributed by atoms with Crippen LogP contribution >= 0.6 is 0 Å². The van der Waals surface area contributed by atoms with Gasteiger partial charge >= 0.3 is 0 Å². The first-order valence-electron chi connectivity index (χ1n) is 9.13. The Kier molecular flexibility index (Phi) is 7.54. The molecule has 2 rings (SSSR count). The minimum Gasteiger partial charge on any atom is -0.355 e. The van der Waals surface area contributed by atoms with Gasteiger partial charge in [-0.25, -0.2) is 0 Å². The standard InChI is InChI=1S/C22H29NO/c1-3-5-12-18(4-2)17-23-22(24)21(19-13-8-6-9-14-19)20-15-10-7-11-16-20/h6-11,13-16,18,21H,3-5,12,17H2,1-2H3,(H,23,24)/t18-/m1/s1. The maximum absolute atomic E-state index is 12.9. The van der Waals surface area contributed by atoms with Gasteiger partial charge in [-0.05, 0) is 23.5 Å². The molecule has 0 aromatic heterocycles. The minimum atomic E-state index is -0.240. The molecule has 0 aliphatic heterocycles. The van der Waals surface area contributed by atoms with Crippen LogP contribution in [0.2, 0.25) is 0 Å². The molecule has 1 amide bonds. The Labute approximate surface area is 146 Å². The Morgan fingerprint density at radius 3 is 1.92 bits per heavy atom. The average molecular weight is 323 g/mol. The van der Waals surface area contributed by atoms with Gasteiger partial charge < -0.3 is 5.32 Å². The van der Waals surface area contributed by atoms with Gasteiger partial charge in [0.2, 0.25) is 5.91 Å². The lowest BCUT2D eigenvalue weighted by Gasteiger charge is -2.20. The molecular weight excluding hydrogens is 294 g/mol. The summed E-state index contributed by atoms with van der Waals surface area (Å²) in [5.74, 6) is 0.430. The van der Waals surface area contributed by atoms with Crippen molar-refractivity contribution in [2.24, 2.45) is 5.92 Å². The largest absolute Gasteiger partial charge is 0.355 e. The Bertz CT molecular complexity index is 554. The summed E-state index contributed by atoms with van der Waals surface area (Å²) in [6.07, 6.45) is 4.74.